The first-order chi connectivity index (χ1) is 12.5. The summed E-state index contributed by atoms with van der Waals surface area (Å²) in [5.74, 6) is 0.656. The molecule has 0 aliphatic heterocycles. The largest absolute Gasteiger partial charge is 0.489 e. The lowest BCUT2D eigenvalue weighted by atomic mass is 9.99. The van der Waals surface area contributed by atoms with Crippen LogP contribution in [0.15, 0.2) is 72.8 Å². The van der Waals surface area contributed by atoms with Crippen LogP contribution in [0.25, 0.3) is 11.1 Å². The Bertz CT molecular complexity index is 859. The molecule has 0 radical (unpaired) electrons. The van der Waals surface area contributed by atoms with Crippen molar-refractivity contribution < 1.29 is 17.9 Å². The molecule has 0 aliphatic rings. The number of rotatable bonds is 5. The van der Waals surface area contributed by atoms with Crippen LogP contribution in [0.4, 0.5) is 13.2 Å². The summed E-state index contributed by atoms with van der Waals surface area (Å²) in [5, 5.41) is 0. The van der Waals surface area contributed by atoms with E-state index >= 15 is 0 Å². The standard InChI is InChI=1S/C21H18F3NO/c22-21(23,24)19-11-16(13-25)10-18(12-19)17-6-8-20(9-7-17)26-14-15-4-2-1-3-5-15/h1-12H,13-14,25H2. The maximum atomic E-state index is 13.1. The van der Waals surface area contributed by atoms with Crippen molar-refractivity contribution in [1.29, 1.82) is 0 Å². The molecular formula is C21H18F3NO. The van der Waals surface area contributed by atoms with E-state index in [4.69, 9.17) is 10.5 Å². The second-order valence-corrected chi connectivity index (χ2v) is 5.92. The lowest BCUT2D eigenvalue weighted by Gasteiger charge is -2.12. The molecule has 0 heterocycles. The molecule has 0 saturated heterocycles. The third-order valence-electron chi connectivity index (χ3n) is 3.99. The molecule has 3 aromatic rings. The minimum absolute atomic E-state index is 0.0508. The van der Waals surface area contributed by atoms with Crippen molar-refractivity contribution in [2.45, 2.75) is 19.3 Å². The first-order valence-electron chi connectivity index (χ1n) is 8.14. The Morgan fingerprint density at radius 2 is 1.46 bits per heavy atom. The molecule has 3 rings (SSSR count). The Kier molecular flexibility index (Phi) is 5.28. The van der Waals surface area contributed by atoms with Gasteiger partial charge in [0.05, 0.1) is 5.56 Å². The van der Waals surface area contributed by atoms with Gasteiger partial charge in [-0.2, -0.15) is 13.2 Å². The summed E-state index contributed by atoms with van der Waals surface area (Å²) in [6.45, 7) is 0.482. The molecule has 0 aliphatic carbocycles. The van der Waals surface area contributed by atoms with E-state index in [1.54, 1.807) is 30.3 Å². The molecule has 26 heavy (non-hydrogen) atoms. The first-order valence-corrected chi connectivity index (χ1v) is 8.14. The van der Waals surface area contributed by atoms with Gasteiger partial charge in [-0.15, -0.1) is 0 Å². The quantitative estimate of drug-likeness (QED) is 0.663. The number of benzene rings is 3. The van der Waals surface area contributed by atoms with Crippen molar-refractivity contribution in [1.82, 2.24) is 0 Å². The van der Waals surface area contributed by atoms with Crippen LogP contribution < -0.4 is 10.5 Å². The van der Waals surface area contributed by atoms with E-state index in [1.807, 2.05) is 30.3 Å². The van der Waals surface area contributed by atoms with Crippen LogP contribution in [0.1, 0.15) is 16.7 Å². The van der Waals surface area contributed by atoms with Crippen LogP contribution in [-0.2, 0) is 19.3 Å². The fraction of sp³-hybridized carbons (Fsp3) is 0.143. The summed E-state index contributed by atoms with van der Waals surface area (Å²) in [5.41, 5.74) is 7.49. The van der Waals surface area contributed by atoms with Gasteiger partial charge in [-0.1, -0.05) is 42.5 Å². The van der Waals surface area contributed by atoms with Crippen molar-refractivity contribution in [3.05, 3.63) is 89.5 Å². The predicted octanol–water partition coefficient (Wildman–Crippen LogP) is 5.41. The Balaban J connectivity index is 1.80. The summed E-state index contributed by atoms with van der Waals surface area (Å²) in [6.07, 6.45) is -4.40. The number of ether oxygens (including phenoxy) is 1. The summed E-state index contributed by atoms with van der Waals surface area (Å²) in [4.78, 5) is 0. The molecule has 134 valence electrons. The number of halogens is 3. The fourth-order valence-electron chi connectivity index (χ4n) is 2.62. The monoisotopic (exact) mass is 357 g/mol. The summed E-state index contributed by atoms with van der Waals surface area (Å²) >= 11 is 0. The van der Waals surface area contributed by atoms with Crippen molar-refractivity contribution in [3.8, 4) is 16.9 Å². The molecule has 0 amide bonds. The van der Waals surface area contributed by atoms with E-state index in [1.165, 1.54) is 0 Å². The van der Waals surface area contributed by atoms with Gasteiger partial charge in [0.15, 0.2) is 0 Å². The third-order valence-corrected chi connectivity index (χ3v) is 3.99. The van der Waals surface area contributed by atoms with Gasteiger partial charge in [0.25, 0.3) is 0 Å². The SMILES string of the molecule is NCc1cc(-c2ccc(OCc3ccccc3)cc2)cc(C(F)(F)F)c1. The minimum Gasteiger partial charge on any atom is -0.489 e. The second-order valence-electron chi connectivity index (χ2n) is 5.92. The normalized spacial score (nSPS) is 11.4. The van der Waals surface area contributed by atoms with E-state index in [0.717, 1.165) is 17.7 Å². The zero-order valence-electron chi connectivity index (χ0n) is 14.0. The first kappa shape index (κ1) is 18.0. The summed E-state index contributed by atoms with van der Waals surface area (Å²) < 4.78 is 44.9. The smallest absolute Gasteiger partial charge is 0.416 e. The van der Waals surface area contributed by atoms with E-state index in [9.17, 15) is 13.2 Å². The zero-order valence-corrected chi connectivity index (χ0v) is 14.0. The van der Waals surface area contributed by atoms with Gasteiger partial charge in [-0.05, 0) is 52.6 Å². The highest BCUT2D eigenvalue weighted by Crippen LogP contribution is 2.34. The Morgan fingerprint density at radius 1 is 0.769 bits per heavy atom. The molecule has 0 saturated carbocycles. The van der Waals surface area contributed by atoms with Crippen LogP contribution in [0, 0.1) is 0 Å². The van der Waals surface area contributed by atoms with E-state index in [0.29, 0.717) is 29.0 Å². The van der Waals surface area contributed by atoms with Crippen molar-refractivity contribution in [2.75, 3.05) is 0 Å². The molecule has 0 unspecified atom stereocenters. The Labute approximate surface area is 150 Å². The molecule has 0 aromatic heterocycles. The van der Waals surface area contributed by atoms with Crippen LogP contribution in [0.3, 0.4) is 0 Å². The van der Waals surface area contributed by atoms with Crippen LogP contribution in [0.5, 0.6) is 5.75 Å². The molecular weight excluding hydrogens is 339 g/mol. The van der Waals surface area contributed by atoms with Crippen LogP contribution >= 0.6 is 0 Å². The topological polar surface area (TPSA) is 35.2 Å². The van der Waals surface area contributed by atoms with Gasteiger partial charge in [-0.25, -0.2) is 0 Å². The second kappa shape index (κ2) is 7.62. The molecule has 0 spiro atoms. The van der Waals surface area contributed by atoms with Crippen molar-refractivity contribution >= 4 is 0 Å². The third kappa shape index (κ3) is 4.43. The van der Waals surface area contributed by atoms with Gasteiger partial charge in [0.1, 0.15) is 12.4 Å². The molecule has 0 atom stereocenters. The molecule has 3 aromatic carbocycles. The summed E-state index contributed by atoms with van der Waals surface area (Å²) in [7, 11) is 0. The molecule has 2 nitrogen and oxygen atoms in total. The van der Waals surface area contributed by atoms with E-state index < -0.39 is 11.7 Å². The van der Waals surface area contributed by atoms with Crippen LogP contribution in [-0.4, -0.2) is 0 Å². The molecule has 2 N–H and O–H groups in total. The zero-order chi connectivity index (χ0) is 18.6. The average Bonchev–Trinajstić information content (AvgIpc) is 2.66. The lowest BCUT2D eigenvalue weighted by molar-refractivity contribution is -0.137. The maximum absolute atomic E-state index is 13.1. The highest BCUT2D eigenvalue weighted by molar-refractivity contribution is 5.66. The van der Waals surface area contributed by atoms with Gasteiger partial charge >= 0.3 is 6.18 Å². The highest BCUT2D eigenvalue weighted by Gasteiger charge is 2.31. The van der Waals surface area contributed by atoms with Crippen LogP contribution in [0.2, 0.25) is 0 Å². The van der Waals surface area contributed by atoms with Crippen molar-refractivity contribution in [3.63, 3.8) is 0 Å². The van der Waals surface area contributed by atoms with Crippen molar-refractivity contribution in [2.24, 2.45) is 5.73 Å². The fourth-order valence-corrected chi connectivity index (χ4v) is 2.62. The van der Waals surface area contributed by atoms with E-state index in [-0.39, 0.29) is 6.54 Å². The maximum Gasteiger partial charge on any atom is 0.416 e. The molecule has 0 bridgehead atoms. The molecule has 0 fully saturated rings. The Morgan fingerprint density at radius 3 is 2.08 bits per heavy atom. The number of alkyl halides is 3. The van der Waals surface area contributed by atoms with Gasteiger partial charge in [0.2, 0.25) is 0 Å². The predicted molar refractivity (Wildman–Crippen MR) is 95.5 cm³/mol. The molecule has 5 heteroatoms. The summed E-state index contributed by atoms with van der Waals surface area (Å²) in [6, 6.07) is 20.6. The highest BCUT2D eigenvalue weighted by atomic mass is 19.4. The van der Waals surface area contributed by atoms with E-state index in [2.05, 4.69) is 0 Å². The Hall–Kier alpha value is -2.79. The number of nitrogens with two attached hydrogens (primary N) is 1. The minimum atomic E-state index is -4.40. The van der Waals surface area contributed by atoms with Gasteiger partial charge in [-0.3, -0.25) is 0 Å². The number of hydrogen-bond acceptors (Lipinski definition) is 2. The van der Waals surface area contributed by atoms with Gasteiger partial charge in [0, 0.05) is 6.54 Å². The average molecular weight is 357 g/mol. The number of hydrogen-bond donors (Lipinski definition) is 1. The lowest BCUT2D eigenvalue weighted by Crippen LogP contribution is -2.07. The van der Waals surface area contributed by atoms with Gasteiger partial charge < -0.3 is 10.5 Å².